The highest BCUT2D eigenvalue weighted by Crippen LogP contribution is 2.44. The van der Waals surface area contributed by atoms with Crippen LogP contribution < -0.4 is 15.4 Å². The minimum absolute atomic E-state index is 0.128. The van der Waals surface area contributed by atoms with Gasteiger partial charge in [-0.1, -0.05) is 34.7 Å². The lowest BCUT2D eigenvalue weighted by Crippen LogP contribution is -2.55. The number of nitrogens with zero attached hydrogens (tertiary/aromatic N) is 1. The molecule has 34 heavy (non-hydrogen) atoms. The minimum Gasteiger partial charge on any atom is -0.445 e. The zero-order valence-corrected chi connectivity index (χ0v) is 21.0. The summed E-state index contributed by atoms with van der Waals surface area (Å²) < 4.78 is 45.6. The third-order valence-electron chi connectivity index (χ3n) is 6.68. The number of amides is 3. The molecule has 0 aromatic heterocycles. The van der Waals surface area contributed by atoms with E-state index in [2.05, 4.69) is 15.4 Å². The molecule has 0 bridgehead atoms. The molecule has 0 radical (unpaired) electrons. The second kappa shape index (κ2) is 8.59. The van der Waals surface area contributed by atoms with Gasteiger partial charge < -0.3 is 15.4 Å². The fraction of sp³-hybridized carbons (Fsp3) is 0.571. The molecule has 5 rings (SSSR count). The van der Waals surface area contributed by atoms with E-state index in [1.807, 2.05) is 22.6 Å². The molecule has 3 amide bonds. The van der Waals surface area contributed by atoms with Crippen LogP contribution in [-0.2, 0) is 37.4 Å². The summed E-state index contributed by atoms with van der Waals surface area (Å²) in [6.07, 6.45) is 0.449. The molecule has 3 fully saturated rings. The van der Waals surface area contributed by atoms with Gasteiger partial charge in [0.15, 0.2) is 0 Å². The maximum Gasteiger partial charge on any atom is 0.410 e. The molecular formula is C21H24FIN4O6S. The molecule has 2 saturated carbocycles. The number of carbonyl (C=O) groups excluding carboxylic acids is 3. The average Bonchev–Trinajstić information content (AvgIpc) is 3.63. The lowest BCUT2D eigenvalue weighted by molar-refractivity contribution is -0.129. The molecule has 2 aliphatic heterocycles. The first-order valence-electron chi connectivity index (χ1n) is 11.1. The second-order valence-electron chi connectivity index (χ2n) is 9.24. The van der Waals surface area contributed by atoms with Crippen molar-refractivity contribution in [3.63, 3.8) is 0 Å². The first kappa shape index (κ1) is 23.7. The van der Waals surface area contributed by atoms with Crippen LogP contribution in [0.5, 0.6) is 0 Å². The molecule has 1 aromatic rings. The van der Waals surface area contributed by atoms with Crippen molar-refractivity contribution in [1.82, 2.24) is 20.3 Å². The lowest BCUT2D eigenvalue weighted by atomic mass is 10.1. The van der Waals surface area contributed by atoms with Crippen molar-refractivity contribution in [3.05, 3.63) is 35.1 Å². The highest BCUT2D eigenvalue weighted by molar-refractivity contribution is 14.1. The van der Waals surface area contributed by atoms with E-state index in [9.17, 15) is 27.2 Å². The Hall–Kier alpha value is -2.00. The number of ether oxygens (including phenoxy) is 1. The summed E-state index contributed by atoms with van der Waals surface area (Å²) in [7, 11) is -3.72. The molecule has 4 atom stereocenters. The van der Waals surface area contributed by atoms with Crippen molar-refractivity contribution < 1.29 is 31.9 Å². The minimum atomic E-state index is -3.72. The van der Waals surface area contributed by atoms with E-state index in [-0.39, 0.29) is 35.8 Å². The summed E-state index contributed by atoms with van der Waals surface area (Å²) in [5, 5.41) is 5.16. The van der Waals surface area contributed by atoms with Crippen LogP contribution in [0.4, 0.5) is 9.18 Å². The average molecular weight is 606 g/mol. The van der Waals surface area contributed by atoms with Crippen LogP contribution >= 0.6 is 22.6 Å². The van der Waals surface area contributed by atoms with Gasteiger partial charge in [0.2, 0.25) is 15.9 Å². The summed E-state index contributed by atoms with van der Waals surface area (Å²) in [5.74, 6) is -1.52. The summed E-state index contributed by atoms with van der Waals surface area (Å²) in [5.41, 5.74) is -0.0447. The van der Waals surface area contributed by atoms with E-state index in [0.717, 1.165) is 5.56 Å². The molecule has 0 spiro atoms. The quantitative estimate of drug-likeness (QED) is 0.321. The van der Waals surface area contributed by atoms with Crippen LogP contribution in [0.1, 0.15) is 36.8 Å². The number of carbonyl (C=O) groups is 3. The van der Waals surface area contributed by atoms with Gasteiger partial charge in [0.25, 0.3) is 5.91 Å². The Morgan fingerprint density at radius 2 is 1.97 bits per heavy atom. The van der Waals surface area contributed by atoms with Gasteiger partial charge in [-0.25, -0.2) is 17.6 Å². The van der Waals surface area contributed by atoms with Gasteiger partial charge in [0.05, 0.1) is 17.8 Å². The maximum atomic E-state index is 13.9. The number of benzene rings is 1. The largest absolute Gasteiger partial charge is 0.445 e. The molecule has 184 valence electrons. The van der Waals surface area contributed by atoms with E-state index in [1.165, 1.54) is 11.0 Å². The van der Waals surface area contributed by atoms with Crippen molar-refractivity contribution in [1.29, 1.82) is 0 Å². The van der Waals surface area contributed by atoms with Crippen LogP contribution in [0.3, 0.4) is 0 Å². The second-order valence-corrected chi connectivity index (χ2v) is 12.7. The third kappa shape index (κ3) is 4.49. The Morgan fingerprint density at radius 1 is 1.24 bits per heavy atom. The molecule has 0 unspecified atom stereocenters. The molecular weight excluding hydrogens is 582 g/mol. The topological polar surface area (TPSA) is 134 Å². The number of hydrogen-bond acceptors (Lipinski definition) is 7. The van der Waals surface area contributed by atoms with Crippen LogP contribution in [0.25, 0.3) is 0 Å². The summed E-state index contributed by atoms with van der Waals surface area (Å²) in [6.45, 7) is 0.639. The van der Waals surface area contributed by atoms with E-state index in [0.29, 0.717) is 24.8 Å². The van der Waals surface area contributed by atoms with Gasteiger partial charge in [-0.2, -0.15) is 0 Å². The number of hydrogen-bond donors (Lipinski definition) is 3. The Labute approximate surface area is 209 Å². The number of rotatable bonds is 6. The van der Waals surface area contributed by atoms with Gasteiger partial charge in [0, 0.05) is 29.0 Å². The van der Waals surface area contributed by atoms with Crippen molar-refractivity contribution in [2.24, 2.45) is 0 Å². The fourth-order valence-electron chi connectivity index (χ4n) is 4.35. The third-order valence-corrected chi connectivity index (χ3v) is 10.0. The predicted octanol–water partition coefficient (Wildman–Crippen LogP) is 0.679. The Morgan fingerprint density at radius 3 is 2.62 bits per heavy atom. The van der Waals surface area contributed by atoms with Crippen LogP contribution in [-0.4, -0.2) is 64.6 Å². The fourth-order valence-corrected chi connectivity index (χ4v) is 6.85. The summed E-state index contributed by atoms with van der Waals surface area (Å²) in [6, 6.07) is 4.03. The number of alkyl halides is 1. The monoisotopic (exact) mass is 606 g/mol. The molecule has 2 heterocycles. The number of fused-ring (bicyclic) bond motifs is 1. The molecule has 10 nitrogen and oxygen atoms in total. The van der Waals surface area contributed by atoms with Crippen molar-refractivity contribution in [3.8, 4) is 0 Å². The molecule has 1 saturated heterocycles. The van der Waals surface area contributed by atoms with Crippen LogP contribution in [0.15, 0.2) is 18.2 Å². The van der Waals surface area contributed by atoms with Gasteiger partial charge >= 0.3 is 6.09 Å². The zero-order valence-electron chi connectivity index (χ0n) is 18.1. The first-order valence-corrected chi connectivity index (χ1v) is 13.9. The SMILES string of the molecule is O=C(N[C@]1(C(=O)NS(=O)(=O)C2CC2)C[C@H]1I)[C@@H]1C[C@@H](OC(=O)N2Cc3cccc(F)c3C2)CN1. The summed E-state index contributed by atoms with van der Waals surface area (Å²) in [4.78, 5) is 39.5. The van der Waals surface area contributed by atoms with Crippen molar-refractivity contribution in [2.75, 3.05) is 6.54 Å². The molecule has 1 aromatic carbocycles. The number of sulfonamides is 1. The van der Waals surface area contributed by atoms with E-state index < -0.39 is 50.9 Å². The summed E-state index contributed by atoms with van der Waals surface area (Å²) >= 11 is 2.02. The smallest absolute Gasteiger partial charge is 0.410 e. The van der Waals surface area contributed by atoms with E-state index >= 15 is 0 Å². The molecule has 2 aliphatic carbocycles. The first-order chi connectivity index (χ1) is 16.1. The highest BCUT2D eigenvalue weighted by Gasteiger charge is 2.61. The number of halogens is 2. The van der Waals surface area contributed by atoms with Gasteiger partial charge in [-0.05, 0) is 30.9 Å². The van der Waals surface area contributed by atoms with Crippen LogP contribution in [0.2, 0.25) is 0 Å². The molecule has 3 N–H and O–H groups in total. The predicted molar refractivity (Wildman–Crippen MR) is 126 cm³/mol. The Balaban J connectivity index is 1.14. The standard InChI is InChI=1S/C21H24FIN4O6S/c22-15-3-1-2-11-9-27(10-14(11)15)20(30)33-12-6-16(24-8-12)18(28)25-21(7-17(21)23)19(29)26-34(31,32)13-4-5-13/h1-3,12-13,16-17,24H,4-10H2,(H,25,28)(H,26,29)/t12-,16+,17-,21-/m1/s1. The highest BCUT2D eigenvalue weighted by atomic mass is 127. The van der Waals surface area contributed by atoms with Gasteiger partial charge in [-0.3, -0.25) is 19.2 Å². The van der Waals surface area contributed by atoms with Crippen molar-refractivity contribution >= 4 is 50.5 Å². The number of nitrogens with one attached hydrogen (secondary N) is 3. The van der Waals surface area contributed by atoms with Crippen LogP contribution in [0, 0.1) is 5.82 Å². The maximum absolute atomic E-state index is 13.9. The zero-order chi connectivity index (χ0) is 24.3. The van der Waals surface area contributed by atoms with Gasteiger partial charge in [0.1, 0.15) is 17.5 Å². The van der Waals surface area contributed by atoms with E-state index in [4.69, 9.17) is 4.74 Å². The van der Waals surface area contributed by atoms with Gasteiger partial charge in [-0.15, -0.1) is 0 Å². The Kier molecular flexibility index (Phi) is 5.99. The Bertz CT molecular complexity index is 1160. The molecule has 13 heteroatoms. The normalized spacial score (nSPS) is 29.9. The van der Waals surface area contributed by atoms with E-state index in [1.54, 1.807) is 12.1 Å². The van der Waals surface area contributed by atoms with Crippen molar-refractivity contribution in [2.45, 2.75) is 65.6 Å². The molecule has 4 aliphatic rings. The lowest BCUT2D eigenvalue weighted by Gasteiger charge is -2.21.